The van der Waals surface area contributed by atoms with E-state index in [4.69, 9.17) is 0 Å². The minimum Gasteiger partial charge on any atom is -0.259 e. The highest BCUT2D eigenvalue weighted by molar-refractivity contribution is 7.19. The van der Waals surface area contributed by atoms with Crippen molar-refractivity contribution in [3.05, 3.63) is 28.4 Å². The lowest BCUT2D eigenvalue weighted by molar-refractivity contribution is 0.414. The molecule has 0 unspecified atom stereocenters. The topological polar surface area (TPSA) is 12.9 Å². The van der Waals surface area contributed by atoms with Crippen molar-refractivity contribution in [2.45, 2.75) is 60.3 Å². The number of rotatable bonds is 1. The summed E-state index contributed by atoms with van der Waals surface area (Å²) < 4.78 is 1.38. The number of nitrogens with zero attached hydrogens (tertiary/aromatic N) is 1. The molecule has 1 nitrogen and oxygen atoms in total. The van der Waals surface area contributed by atoms with Crippen LogP contribution >= 0.6 is 11.3 Å². The normalized spacial score (nSPS) is 13.2. The molecule has 0 aromatic carbocycles. The van der Waals surface area contributed by atoms with Gasteiger partial charge in [0, 0.05) is 16.5 Å². The van der Waals surface area contributed by atoms with Crippen LogP contribution in [0.25, 0.3) is 10.1 Å². The van der Waals surface area contributed by atoms with Crippen molar-refractivity contribution in [1.29, 1.82) is 0 Å². The Bertz CT molecular complexity index is 594. The summed E-state index contributed by atoms with van der Waals surface area (Å²) in [6, 6.07) is 2.17. The Balaban J connectivity index is 2.63. The first kappa shape index (κ1) is 14.5. The van der Waals surface area contributed by atoms with Crippen LogP contribution in [-0.4, -0.2) is 4.98 Å². The summed E-state index contributed by atoms with van der Waals surface area (Å²) in [5.41, 5.74) is 3.12. The van der Waals surface area contributed by atoms with E-state index >= 15 is 0 Å². The summed E-state index contributed by atoms with van der Waals surface area (Å²) in [4.78, 5) is 6.15. The summed E-state index contributed by atoms with van der Waals surface area (Å²) in [6.45, 7) is 15.9. The Labute approximate surface area is 121 Å². The number of aryl methyl sites for hydroxylation is 1. The van der Waals surface area contributed by atoms with E-state index in [0.29, 0.717) is 5.41 Å². The van der Waals surface area contributed by atoms with Crippen LogP contribution in [0.1, 0.15) is 57.7 Å². The number of pyridine rings is 1. The molecule has 0 aliphatic heterocycles. The average molecular weight is 275 g/mol. The third-order valence-electron chi connectivity index (χ3n) is 3.35. The van der Waals surface area contributed by atoms with Gasteiger partial charge in [0.15, 0.2) is 0 Å². The minimum atomic E-state index is 0.107. The number of hydrogen-bond donors (Lipinski definition) is 0. The van der Waals surface area contributed by atoms with Crippen molar-refractivity contribution in [1.82, 2.24) is 4.98 Å². The van der Waals surface area contributed by atoms with Crippen LogP contribution in [0, 0.1) is 12.3 Å². The van der Waals surface area contributed by atoms with Gasteiger partial charge in [-0.05, 0) is 35.8 Å². The molecule has 0 amide bonds. The van der Waals surface area contributed by atoms with Gasteiger partial charge in [0.25, 0.3) is 0 Å². The van der Waals surface area contributed by atoms with Gasteiger partial charge in [0.05, 0.1) is 10.4 Å². The number of thiophene rings is 1. The highest BCUT2D eigenvalue weighted by atomic mass is 32.1. The van der Waals surface area contributed by atoms with Gasteiger partial charge >= 0.3 is 0 Å². The van der Waals surface area contributed by atoms with Crippen molar-refractivity contribution >= 4 is 21.4 Å². The molecule has 0 saturated carbocycles. The fourth-order valence-corrected chi connectivity index (χ4v) is 4.18. The number of hydrogen-bond acceptors (Lipinski definition) is 2. The fourth-order valence-electron chi connectivity index (χ4n) is 2.38. The van der Waals surface area contributed by atoms with Gasteiger partial charge in [-0.2, -0.15) is 0 Å². The molecule has 0 fully saturated rings. The standard InChI is InChI=1S/C17H25NS/c1-11-12-8-9-18-15(17(5,6)7)14(12)19-13(11)10-16(2,3)4/h8-9H,10H2,1-7H3. The SMILES string of the molecule is Cc1c(CC(C)(C)C)sc2c(C(C)(C)C)nccc12. The molecule has 2 heteroatoms. The first-order chi connectivity index (χ1) is 8.59. The van der Waals surface area contributed by atoms with Crippen LogP contribution in [0.3, 0.4) is 0 Å². The van der Waals surface area contributed by atoms with Gasteiger partial charge in [-0.25, -0.2) is 0 Å². The summed E-state index contributed by atoms with van der Waals surface area (Å²) in [5.74, 6) is 0. The minimum absolute atomic E-state index is 0.107. The van der Waals surface area contributed by atoms with Crippen molar-refractivity contribution in [3.63, 3.8) is 0 Å². The third kappa shape index (κ3) is 3.00. The number of fused-ring (bicyclic) bond motifs is 1. The molecule has 0 radical (unpaired) electrons. The van der Waals surface area contributed by atoms with E-state index < -0.39 is 0 Å². The van der Waals surface area contributed by atoms with E-state index in [1.54, 1.807) is 0 Å². The molecule has 0 N–H and O–H groups in total. The Kier molecular flexibility index (Phi) is 3.51. The Hall–Kier alpha value is -0.890. The van der Waals surface area contributed by atoms with E-state index in [0.717, 1.165) is 6.42 Å². The van der Waals surface area contributed by atoms with Crippen molar-refractivity contribution < 1.29 is 0 Å². The quantitative estimate of drug-likeness (QED) is 0.670. The van der Waals surface area contributed by atoms with Crippen LogP contribution in [0.5, 0.6) is 0 Å². The lowest BCUT2D eigenvalue weighted by Gasteiger charge is -2.18. The van der Waals surface area contributed by atoms with Gasteiger partial charge in [-0.3, -0.25) is 4.98 Å². The second-order valence-electron chi connectivity index (χ2n) is 7.67. The molecule has 2 heterocycles. The van der Waals surface area contributed by atoms with Crippen molar-refractivity contribution in [3.8, 4) is 0 Å². The van der Waals surface area contributed by atoms with Crippen LogP contribution < -0.4 is 0 Å². The van der Waals surface area contributed by atoms with Gasteiger partial charge < -0.3 is 0 Å². The predicted octanol–water partition coefficient (Wildman–Crippen LogP) is 5.49. The lowest BCUT2D eigenvalue weighted by atomic mass is 9.89. The van der Waals surface area contributed by atoms with E-state index in [1.807, 2.05) is 17.5 Å². The van der Waals surface area contributed by atoms with E-state index in [-0.39, 0.29) is 5.41 Å². The molecule has 2 aromatic heterocycles. The molecule has 0 bridgehead atoms. The molecule has 2 aromatic rings. The molecule has 19 heavy (non-hydrogen) atoms. The van der Waals surface area contributed by atoms with Gasteiger partial charge in [-0.1, -0.05) is 41.5 Å². The summed E-state index contributed by atoms with van der Waals surface area (Å²) in [6.07, 6.45) is 3.10. The van der Waals surface area contributed by atoms with Crippen LogP contribution in [0.15, 0.2) is 12.3 Å². The Morgan fingerprint density at radius 1 is 1.11 bits per heavy atom. The molecule has 0 aliphatic carbocycles. The average Bonchev–Trinajstić information content (AvgIpc) is 2.52. The van der Waals surface area contributed by atoms with Gasteiger partial charge in [-0.15, -0.1) is 11.3 Å². The third-order valence-corrected chi connectivity index (χ3v) is 4.67. The molecule has 0 aliphatic rings. The summed E-state index contributed by atoms with van der Waals surface area (Å²) in [7, 11) is 0. The predicted molar refractivity (Wildman–Crippen MR) is 86.2 cm³/mol. The Morgan fingerprint density at radius 3 is 2.26 bits per heavy atom. The highest BCUT2D eigenvalue weighted by Crippen LogP contribution is 2.39. The second kappa shape index (κ2) is 4.59. The van der Waals surface area contributed by atoms with Crippen molar-refractivity contribution in [2.75, 3.05) is 0 Å². The van der Waals surface area contributed by atoms with E-state index in [9.17, 15) is 0 Å². The first-order valence-electron chi connectivity index (χ1n) is 6.97. The van der Waals surface area contributed by atoms with Crippen LogP contribution in [0.2, 0.25) is 0 Å². The fraction of sp³-hybridized carbons (Fsp3) is 0.588. The first-order valence-corrected chi connectivity index (χ1v) is 7.79. The molecular formula is C17H25NS. The molecule has 0 saturated heterocycles. The zero-order valence-corrected chi connectivity index (χ0v) is 14.0. The van der Waals surface area contributed by atoms with Crippen LogP contribution in [-0.2, 0) is 11.8 Å². The number of aromatic nitrogens is 1. The molecule has 2 rings (SSSR count). The summed E-state index contributed by atoms with van der Waals surface area (Å²) >= 11 is 1.94. The zero-order valence-electron chi connectivity index (χ0n) is 13.2. The van der Waals surface area contributed by atoms with E-state index in [2.05, 4.69) is 59.5 Å². The van der Waals surface area contributed by atoms with Crippen LogP contribution in [0.4, 0.5) is 0 Å². The van der Waals surface area contributed by atoms with Crippen molar-refractivity contribution in [2.24, 2.45) is 5.41 Å². The lowest BCUT2D eigenvalue weighted by Crippen LogP contribution is -2.13. The molecule has 0 atom stereocenters. The Morgan fingerprint density at radius 2 is 1.74 bits per heavy atom. The maximum atomic E-state index is 4.64. The highest BCUT2D eigenvalue weighted by Gasteiger charge is 2.23. The maximum absolute atomic E-state index is 4.64. The zero-order chi connectivity index (χ0) is 14.4. The largest absolute Gasteiger partial charge is 0.259 e. The molecular weight excluding hydrogens is 250 g/mol. The van der Waals surface area contributed by atoms with E-state index in [1.165, 1.54) is 26.2 Å². The second-order valence-corrected chi connectivity index (χ2v) is 8.78. The molecule has 0 spiro atoms. The smallest absolute Gasteiger partial charge is 0.0635 e. The van der Waals surface area contributed by atoms with Gasteiger partial charge in [0.2, 0.25) is 0 Å². The summed E-state index contributed by atoms with van der Waals surface area (Å²) in [5, 5.41) is 1.39. The maximum Gasteiger partial charge on any atom is 0.0635 e. The molecule has 104 valence electrons. The van der Waals surface area contributed by atoms with Gasteiger partial charge in [0.1, 0.15) is 0 Å². The monoisotopic (exact) mass is 275 g/mol.